The molecule has 5 rings (SSSR count). The van der Waals surface area contributed by atoms with Gasteiger partial charge in [0.2, 0.25) is 0 Å². The van der Waals surface area contributed by atoms with Crippen LogP contribution < -0.4 is 5.32 Å². The molecule has 2 saturated carbocycles. The Balaban J connectivity index is 1.58. The van der Waals surface area contributed by atoms with Crippen LogP contribution in [0.4, 0.5) is 5.69 Å². The van der Waals surface area contributed by atoms with Gasteiger partial charge in [-0.25, -0.2) is 4.79 Å². The van der Waals surface area contributed by atoms with Crippen molar-refractivity contribution in [2.24, 2.45) is 17.8 Å². The maximum Gasteiger partial charge on any atom is 0.338 e. The van der Waals surface area contributed by atoms with Crippen LogP contribution >= 0.6 is 0 Å². The molecule has 0 saturated heterocycles. The lowest BCUT2D eigenvalue weighted by atomic mass is 9.68. The van der Waals surface area contributed by atoms with Crippen molar-refractivity contribution in [3.8, 4) is 0 Å². The minimum atomic E-state index is -0.208. The number of carbonyl (C=O) groups is 1. The van der Waals surface area contributed by atoms with E-state index in [4.69, 9.17) is 4.74 Å². The zero-order valence-electron chi connectivity index (χ0n) is 15.2. The second kappa shape index (κ2) is 6.15. The van der Waals surface area contributed by atoms with Crippen molar-refractivity contribution in [3.63, 3.8) is 0 Å². The molecule has 0 radical (unpaired) electrons. The molecule has 3 nitrogen and oxygen atoms in total. The van der Waals surface area contributed by atoms with Crippen molar-refractivity contribution in [1.82, 2.24) is 0 Å². The number of hydrogen-bond donors (Lipinski definition) is 1. The third kappa shape index (κ3) is 2.37. The number of hydrogen-bond acceptors (Lipinski definition) is 3. The highest BCUT2D eigenvalue weighted by molar-refractivity contribution is 5.90. The molecular formula is C23H25NO2. The second-order valence-electron chi connectivity index (χ2n) is 7.99. The first kappa shape index (κ1) is 15.9. The molecule has 1 heterocycles. The van der Waals surface area contributed by atoms with Gasteiger partial charge in [-0.1, -0.05) is 30.3 Å². The van der Waals surface area contributed by atoms with E-state index in [2.05, 4.69) is 47.8 Å². The fourth-order valence-corrected chi connectivity index (χ4v) is 5.82. The van der Waals surface area contributed by atoms with E-state index < -0.39 is 0 Å². The van der Waals surface area contributed by atoms with E-state index in [1.54, 1.807) is 0 Å². The summed E-state index contributed by atoms with van der Waals surface area (Å²) in [7, 11) is 0. The van der Waals surface area contributed by atoms with Crippen molar-refractivity contribution >= 4 is 11.7 Å². The summed E-state index contributed by atoms with van der Waals surface area (Å²) in [5.41, 5.74) is 4.60. The number of benzene rings is 2. The molecule has 3 heteroatoms. The summed E-state index contributed by atoms with van der Waals surface area (Å²) in [5, 5.41) is 3.82. The minimum absolute atomic E-state index is 0.208. The van der Waals surface area contributed by atoms with Crippen LogP contribution in [-0.2, 0) is 4.74 Å². The summed E-state index contributed by atoms with van der Waals surface area (Å²) in [6.45, 7) is 2.27. The summed E-state index contributed by atoms with van der Waals surface area (Å²) in [4.78, 5) is 12.2. The van der Waals surface area contributed by atoms with Gasteiger partial charge in [0.15, 0.2) is 0 Å². The highest BCUT2D eigenvalue weighted by Gasteiger charge is 2.53. The Morgan fingerprint density at radius 3 is 2.73 bits per heavy atom. The molecule has 26 heavy (non-hydrogen) atoms. The van der Waals surface area contributed by atoms with Crippen molar-refractivity contribution in [1.29, 1.82) is 0 Å². The molecule has 2 aromatic carbocycles. The van der Waals surface area contributed by atoms with Crippen LogP contribution in [0.1, 0.15) is 59.6 Å². The normalized spacial score (nSPS) is 31.0. The molecule has 0 aromatic heterocycles. The molecule has 0 unspecified atom stereocenters. The summed E-state index contributed by atoms with van der Waals surface area (Å²) >= 11 is 0. The van der Waals surface area contributed by atoms with Gasteiger partial charge in [-0.3, -0.25) is 0 Å². The quantitative estimate of drug-likeness (QED) is 0.780. The standard InChI is InChI=1S/C23H25NO2/c1-2-26-23(25)17-10-11-19-18(13-17)20-15-8-9-16(12-15)21(20)22(24-19)14-6-4-3-5-7-14/h3-7,10-11,13,15-16,20-22,24H,2,8-9,12H2,1H3/t15-,16-,20-,21-,22+/m0/s1. The van der Waals surface area contributed by atoms with Gasteiger partial charge >= 0.3 is 5.97 Å². The molecule has 2 bridgehead atoms. The van der Waals surface area contributed by atoms with Crippen LogP contribution in [0.5, 0.6) is 0 Å². The number of rotatable bonds is 3. The number of fused-ring (bicyclic) bond motifs is 7. The number of esters is 1. The smallest absolute Gasteiger partial charge is 0.338 e. The topological polar surface area (TPSA) is 38.3 Å². The van der Waals surface area contributed by atoms with Gasteiger partial charge in [-0.15, -0.1) is 0 Å². The first-order valence-corrected chi connectivity index (χ1v) is 9.89. The molecule has 2 aromatic rings. The van der Waals surface area contributed by atoms with Crippen LogP contribution in [-0.4, -0.2) is 12.6 Å². The van der Waals surface area contributed by atoms with Gasteiger partial charge < -0.3 is 10.1 Å². The summed E-state index contributed by atoms with van der Waals surface area (Å²) in [6, 6.07) is 17.3. The number of anilines is 1. The van der Waals surface area contributed by atoms with E-state index in [1.807, 2.05) is 13.0 Å². The molecular weight excluding hydrogens is 322 g/mol. The highest BCUT2D eigenvalue weighted by atomic mass is 16.5. The Bertz CT molecular complexity index is 831. The lowest BCUT2D eigenvalue weighted by Gasteiger charge is -2.43. The first-order chi connectivity index (χ1) is 12.8. The van der Waals surface area contributed by atoms with Crippen molar-refractivity contribution in [3.05, 3.63) is 65.2 Å². The zero-order valence-corrected chi connectivity index (χ0v) is 15.2. The largest absolute Gasteiger partial charge is 0.462 e. The maximum absolute atomic E-state index is 12.2. The average Bonchev–Trinajstić information content (AvgIpc) is 3.30. The van der Waals surface area contributed by atoms with E-state index in [1.165, 1.54) is 36.1 Å². The van der Waals surface area contributed by atoms with Crippen molar-refractivity contribution < 1.29 is 9.53 Å². The van der Waals surface area contributed by atoms with Crippen molar-refractivity contribution in [2.45, 2.75) is 38.1 Å². The van der Waals surface area contributed by atoms with Crippen LogP contribution in [0, 0.1) is 17.8 Å². The highest BCUT2D eigenvalue weighted by Crippen LogP contribution is 2.63. The van der Waals surface area contributed by atoms with Crippen molar-refractivity contribution in [2.75, 3.05) is 11.9 Å². The Morgan fingerprint density at radius 1 is 1.12 bits per heavy atom. The van der Waals surface area contributed by atoms with Gasteiger partial charge in [0, 0.05) is 5.69 Å². The van der Waals surface area contributed by atoms with Crippen LogP contribution in [0.15, 0.2) is 48.5 Å². The lowest BCUT2D eigenvalue weighted by Crippen LogP contribution is -2.35. The second-order valence-corrected chi connectivity index (χ2v) is 7.99. The third-order valence-electron chi connectivity index (χ3n) is 6.76. The third-order valence-corrected chi connectivity index (χ3v) is 6.76. The predicted octanol–water partition coefficient (Wildman–Crippen LogP) is 5.16. The number of ether oxygens (including phenoxy) is 1. The fourth-order valence-electron chi connectivity index (χ4n) is 5.82. The van der Waals surface area contributed by atoms with Gasteiger partial charge in [-0.2, -0.15) is 0 Å². The Kier molecular flexibility index (Phi) is 3.77. The predicted molar refractivity (Wildman–Crippen MR) is 102 cm³/mol. The molecule has 3 aliphatic rings. The maximum atomic E-state index is 12.2. The average molecular weight is 347 g/mol. The summed E-state index contributed by atoms with van der Waals surface area (Å²) < 4.78 is 5.22. The van der Waals surface area contributed by atoms with E-state index in [0.717, 1.165) is 11.8 Å². The molecule has 2 aliphatic carbocycles. The van der Waals surface area contributed by atoms with Crippen LogP contribution in [0.3, 0.4) is 0 Å². The van der Waals surface area contributed by atoms with E-state index in [9.17, 15) is 4.79 Å². The van der Waals surface area contributed by atoms with E-state index in [-0.39, 0.29) is 5.97 Å². The minimum Gasteiger partial charge on any atom is -0.462 e. The Morgan fingerprint density at radius 2 is 1.92 bits per heavy atom. The Labute approximate surface area is 154 Å². The SMILES string of the molecule is CCOC(=O)c1ccc2c(c1)[C@@H]1[C@H]3CC[C@@H](C3)[C@@H]1[C@@H](c1ccccc1)N2. The van der Waals surface area contributed by atoms with E-state index in [0.29, 0.717) is 30.0 Å². The van der Waals surface area contributed by atoms with Gasteiger partial charge in [0.25, 0.3) is 0 Å². The fraction of sp³-hybridized carbons (Fsp3) is 0.435. The summed E-state index contributed by atoms with van der Waals surface area (Å²) in [5.74, 6) is 2.53. The van der Waals surface area contributed by atoms with Crippen LogP contribution in [0.25, 0.3) is 0 Å². The zero-order chi connectivity index (χ0) is 17.7. The molecule has 1 aliphatic heterocycles. The van der Waals surface area contributed by atoms with Gasteiger partial charge in [0.05, 0.1) is 18.2 Å². The molecule has 5 atom stereocenters. The number of carbonyl (C=O) groups excluding carboxylic acids is 1. The number of nitrogens with one attached hydrogen (secondary N) is 1. The first-order valence-electron chi connectivity index (χ1n) is 9.89. The molecule has 134 valence electrons. The summed E-state index contributed by atoms with van der Waals surface area (Å²) in [6.07, 6.45) is 4.02. The molecule has 2 fully saturated rings. The Hall–Kier alpha value is -2.29. The van der Waals surface area contributed by atoms with Crippen LogP contribution in [0.2, 0.25) is 0 Å². The van der Waals surface area contributed by atoms with Gasteiger partial charge in [-0.05, 0) is 79.2 Å². The molecule has 1 N–H and O–H groups in total. The molecule has 0 amide bonds. The molecule has 0 spiro atoms. The monoisotopic (exact) mass is 347 g/mol. The van der Waals surface area contributed by atoms with Gasteiger partial charge in [0.1, 0.15) is 0 Å². The lowest BCUT2D eigenvalue weighted by molar-refractivity contribution is 0.0526. The van der Waals surface area contributed by atoms with E-state index >= 15 is 0 Å².